The summed E-state index contributed by atoms with van der Waals surface area (Å²) in [5.74, 6) is -0.189. The summed E-state index contributed by atoms with van der Waals surface area (Å²) in [6.07, 6.45) is 9.93. The number of rotatable bonds is 11. The molecular formula is C18H31O4P. The summed E-state index contributed by atoms with van der Waals surface area (Å²) in [7, 11) is -1.78. The van der Waals surface area contributed by atoms with E-state index in [2.05, 4.69) is 37.4 Å². The van der Waals surface area contributed by atoms with Gasteiger partial charge >= 0.3 is 7.60 Å². The van der Waals surface area contributed by atoms with Gasteiger partial charge in [0.05, 0.1) is 0 Å². The van der Waals surface area contributed by atoms with Crippen LogP contribution < -0.4 is 0 Å². The molecule has 0 aliphatic rings. The summed E-state index contributed by atoms with van der Waals surface area (Å²) in [6.45, 7) is 9.42. The first kappa shape index (κ1) is 22.0. The van der Waals surface area contributed by atoms with E-state index in [0.717, 1.165) is 31.3 Å². The van der Waals surface area contributed by atoms with Gasteiger partial charge in [0.25, 0.3) is 0 Å². The highest BCUT2D eigenvalue weighted by molar-refractivity contribution is 7.52. The van der Waals surface area contributed by atoms with E-state index < -0.39 is 7.60 Å². The average Bonchev–Trinajstić information content (AvgIpc) is 2.45. The van der Waals surface area contributed by atoms with Gasteiger partial charge in [-0.1, -0.05) is 28.9 Å². The monoisotopic (exact) mass is 342 g/mol. The van der Waals surface area contributed by atoms with E-state index in [1.165, 1.54) is 24.9 Å². The van der Waals surface area contributed by atoms with Crippen molar-refractivity contribution < 1.29 is 18.4 Å². The van der Waals surface area contributed by atoms with Crippen molar-refractivity contribution in [2.24, 2.45) is 0 Å². The minimum Gasteiger partial charge on any atom is -0.312 e. The van der Waals surface area contributed by atoms with Crippen LogP contribution in [0.1, 0.15) is 53.4 Å². The third-order valence-corrected chi connectivity index (χ3v) is 4.56. The maximum absolute atomic E-state index is 11.7. The molecule has 132 valence electrons. The van der Waals surface area contributed by atoms with Gasteiger partial charge in [-0.15, -0.1) is 0 Å². The maximum Gasteiger partial charge on any atom is 0.327 e. The molecule has 0 aromatic rings. The first-order valence-corrected chi connectivity index (χ1v) is 9.92. The Morgan fingerprint density at radius 1 is 1.00 bits per heavy atom. The van der Waals surface area contributed by atoms with Crippen molar-refractivity contribution >= 4 is 13.4 Å². The van der Waals surface area contributed by atoms with E-state index in [9.17, 15) is 9.36 Å². The summed E-state index contributed by atoms with van der Waals surface area (Å²) >= 11 is 0. The molecule has 1 unspecified atom stereocenters. The summed E-state index contributed by atoms with van der Waals surface area (Å²) in [5, 5.41) is 0. The normalized spacial score (nSPS) is 15.2. The van der Waals surface area contributed by atoms with Crippen molar-refractivity contribution in [3.8, 4) is 0 Å². The van der Waals surface area contributed by atoms with E-state index in [-0.39, 0.29) is 12.4 Å². The van der Waals surface area contributed by atoms with Crippen molar-refractivity contribution in [2.75, 3.05) is 20.4 Å². The molecule has 0 heterocycles. The third-order valence-electron chi connectivity index (χ3n) is 3.30. The second kappa shape index (κ2) is 11.6. The standard InChI is InChI=1S/C18H31O4P/c1-15(2)9-7-10-16(3)11-8-12-17(4)13-18(19)14-22-23(6,20)21-5/h9,11,13H,7-8,10,12,14H2,1-6H3. The van der Waals surface area contributed by atoms with E-state index in [1.54, 1.807) is 6.08 Å². The highest BCUT2D eigenvalue weighted by Crippen LogP contribution is 2.42. The smallest absolute Gasteiger partial charge is 0.312 e. The van der Waals surface area contributed by atoms with Crippen molar-refractivity contribution in [3.63, 3.8) is 0 Å². The molecule has 5 heteroatoms. The van der Waals surface area contributed by atoms with Gasteiger partial charge in [-0.25, -0.2) is 0 Å². The van der Waals surface area contributed by atoms with E-state index in [4.69, 9.17) is 4.52 Å². The Bertz CT molecular complexity index is 511. The molecule has 0 saturated heterocycles. The molecule has 0 radical (unpaired) electrons. The van der Waals surface area contributed by atoms with Crippen LogP contribution >= 0.6 is 7.60 Å². The topological polar surface area (TPSA) is 52.6 Å². The SMILES string of the molecule is COP(C)(=O)OCC(=O)C=C(C)CCC=C(C)CCC=C(C)C. The Labute approximate surface area is 141 Å². The lowest BCUT2D eigenvalue weighted by Gasteiger charge is -2.09. The van der Waals surface area contributed by atoms with Gasteiger partial charge in [-0.2, -0.15) is 0 Å². The van der Waals surface area contributed by atoms with Crippen LogP contribution in [0.15, 0.2) is 34.9 Å². The van der Waals surface area contributed by atoms with Crippen LogP contribution in [0.4, 0.5) is 0 Å². The molecule has 4 nitrogen and oxygen atoms in total. The Balaban J connectivity index is 4.17. The molecule has 0 saturated carbocycles. The zero-order chi connectivity index (χ0) is 17.9. The van der Waals surface area contributed by atoms with Gasteiger partial charge in [-0.3, -0.25) is 9.36 Å². The lowest BCUT2D eigenvalue weighted by atomic mass is 10.1. The van der Waals surface area contributed by atoms with E-state index in [0.29, 0.717) is 0 Å². The van der Waals surface area contributed by atoms with Crippen molar-refractivity contribution in [1.82, 2.24) is 0 Å². The van der Waals surface area contributed by atoms with Crippen LogP contribution in [-0.2, 0) is 18.4 Å². The Morgan fingerprint density at radius 2 is 1.57 bits per heavy atom. The molecule has 0 amide bonds. The number of ketones is 1. The molecule has 0 N–H and O–H groups in total. The fraction of sp³-hybridized carbons (Fsp3) is 0.611. The zero-order valence-corrected chi connectivity index (χ0v) is 16.2. The number of hydrogen-bond donors (Lipinski definition) is 0. The molecular weight excluding hydrogens is 311 g/mol. The van der Waals surface area contributed by atoms with Gasteiger partial charge in [0.2, 0.25) is 0 Å². The molecule has 23 heavy (non-hydrogen) atoms. The fourth-order valence-electron chi connectivity index (χ4n) is 1.86. The average molecular weight is 342 g/mol. The fourth-order valence-corrected chi connectivity index (χ4v) is 2.33. The van der Waals surface area contributed by atoms with Crippen LogP contribution in [0.25, 0.3) is 0 Å². The number of hydrogen-bond acceptors (Lipinski definition) is 4. The summed E-state index contributed by atoms with van der Waals surface area (Å²) in [4.78, 5) is 11.7. The van der Waals surface area contributed by atoms with Crippen molar-refractivity contribution in [2.45, 2.75) is 53.4 Å². The zero-order valence-electron chi connectivity index (χ0n) is 15.3. The molecule has 1 atom stereocenters. The largest absolute Gasteiger partial charge is 0.327 e. The predicted molar refractivity (Wildman–Crippen MR) is 96.9 cm³/mol. The van der Waals surface area contributed by atoms with Gasteiger partial charge < -0.3 is 9.05 Å². The molecule has 0 aromatic heterocycles. The lowest BCUT2D eigenvalue weighted by Crippen LogP contribution is -2.05. The van der Waals surface area contributed by atoms with Crippen LogP contribution in [0.5, 0.6) is 0 Å². The van der Waals surface area contributed by atoms with Gasteiger partial charge in [0.15, 0.2) is 5.78 Å². The van der Waals surface area contributed by atoms with E-state index >= 15 is 0 Å². The Kier molecular flexibility index (Phi) is 11.1. The Morgan fingerprint density at radius 3 is 2.13 bits per heavy atom. The number of carbonyl (C=O) groups excluding carboxylic acids is 1. The number of carbonyl (C=O) groups is 1. The molecule has 0 aliphatic heterocycles. The van der Waals surface area contributed by atoms with Gasteiger partial charge in [0, 0.05) is 13.8 Å². The highest BCUT2D eigenvalue weighted by atomic mass is 31.2. The molecule has 0 rings (SSSR count). The van der Waals surface area contributed by atoms with Crippen molar-refractivity contribution in [3.05, 3.63) is 34.9 Å². The number of allylic oxidation sites excluding steroid dienone is 5. The van der Waals surface area contributed by atoms with E-state index in [1.807, 2.05) is 6.92 Å². The molecule has 0 aromatic carbocycles. The summed E-state index contributed by atoms with van der Waals surface area (Å²) < 4.78 is 21.2. The first-order chi connectivity index (χ1) is 10.7. The second-order valence-electron chi connectivity index (χ2n) is 6.09. The summed E-state index contributed by atoms with van der Waals surface area (Å²) in [5.41, 5.74) is 3.72. The summed E-state index contributed by atoms with van der Waals surface area (Å²) in [6, 6.07) is 0. The molecule has 0 spiro atoms. The first-order valence-electron chi connectivity index (χ1n) is 7.93. The van der Waals surface area contributed by atoms with Gasteiger partial charge in [-0.05, 0) is 59.5 Å². The van der Waals surface area contributed by atoms with Crippen molar-refractivity contribution in [1.29, 1.82) is 0 Å². The minimum absolute atomic E-state index is 0.189. The molecule has 0 bridgehead atoms. The minimum atomic E-state index is -3.09. The quantitative estimate of drug-likeness (QED) is 0.284. The third kappa shape index (κ3) is 13.2. The van der Waals surface area contributed by atoms with Crippen LogP contribution in [-0.4, -0.2) is 26.2 Å². The van der Waals surface area contributed by atoms with Gasteiger partial charge in [0.1, 0.15) is 6.61 Å². The lowest BCUT2D eigenvalue weighted by molar-refractivity contribution is -0.116. The molecule has 0 fully saturated rings. The highest BCUT2D eigenvalue weighted by Gasteiger charge is 2.15. The van der Waals surface area contributed by atoms with Crippen LogP contribution in [0.3, 0.4) is 0 Å². The van der Waals surface area contributed by atoms with Crippen LogP contribution in [0.2, 0.25) is 0 Å². The Hall–Kier alpha value is -0.960. The predicted octanol–water partition coefficient (Wildman–Crippen LogP) is 5.46. The molecule has 0 aliphatic carbocycles. The van der Waals surface area contributed by atoms with Crippen LogP contribution in [0, 0.1) is 0 Å². The second-order valence-corrected chi connectivity index (χ2v) is 8.26. The maximum atomic E-state index is 11.7.